The Labute approximate surface area is 167 Å². The maximum absolute atomic E-state index is 12.4. The van der Waals surface area contributed by atoms with E-state index in [1.165, 1.54) is 26.2 Å². The number of benzene rings is 1. The van der Waals surface area contributed by atoms with E-state index >= 15 is 0 Å². The van der Waals surface area contributed by atoms with Crippen molar-refractivity contribution in [2.75, 3.05) is 64.9 Å². The fourth-order valence-electron chi connectivity index (χ4n) is 3.62. The number of sulfonamides is 2. The van der Waals surface area contributed by atoms with Crippen LogP contribution in [0.4, 0.5) is 5.69 Å². The highest BCUT2D eigenvalue weighted by atomic mass is 32.2. The van der Waals surface area contributed by atoms with Crippen molar-refractivity contribution in [3.8, 4) is 0 Å². The highest BCUT2D eigenvalue weighted by Gasteiger charge is 2.27. The van der Waals surface area contributed by atoms with Crippen LogP contribution in [0.2, 0.25) is 0 Å². The summed E-state index contributed by atoms with van der Waals surface area (Å²) in [7, 11) is -5.04. The zero-order valence-corrected chi connectivity index (χ0v) is 17.9. The smallest absolute Gasteiger partial charge is 0.242 e. The van der Waals surface area contributed by atoms with Crippen molar-refractivity contribution >= 4 is 25.7 Å². The van der Waals surface area contributed by atoms with Crippen LogP contribution in [-0.4, -0.2) is 86.1 Å². The maximum atomic E-state index is 12.4. The summed E-state index contributed by atoms with van der Waals surface area (Å²) >= 11 is 0. The molecule has 1 atom stereocenters. The number of ether oxygens (including phenoxy) is 1. The van der Waals surface area contributed by atoms with E-state index in [9.17, 15) is 16.8 Å². The van der Waals surface area contributed by atoms with Crippen molar-refractivity contribution in [1.29, 1.82) is 0 Å². The quantitative estimate of drug-likeness (QED) is 0.659. The van der Waals surface area contributed by atoms with E-state index in [2.05, 4.69) is 4.90 Å². The van der Waals surface area contributed by atoms with Gasteiger partial charge in [-0.1, -0.05) is 0 Å². The molecule has 0 bridgehead atoms. The Balaban J connectivity index is 1.80. The third-order valence-electron chi connectivity index (χ3n) is 5.27. The van der Waals surface area contributed by atoms with Gasteiger partial charge in [0.05, 0.1) is 17.2 Å². The first-order valence-corrected chi connectivity index (χ1v) is 12.2. The van der Waals surface area contributed by atoms with Crippen molar-refractivity contribution in [2.24, 2.45) is 11.1 Å². The summed E-state index contributed by atoms with van der Waals surface area (Å²) in [4.78, 5) is 4.06. The standard InChI is InChI=1S/C17H28N4O5S2/c1-19(2)28(24,25)15-3-4-16(17(11-15)27(18,22)23)21-8-6-20(7-9-21)12-14-5-10-26-13-14/h3-4,11,14H,5-10,12-13H2,1-2H3,(H2,18,22,23). The predicted molar refractivity (Wildman–Crippen MR) is 106 cm³/mol. The highest BCUT2D eigenvalue weighted by molar-refractivity contribution is 7.90. The molecule has 2 aliphatic rings. The third kappa shape index (κ3) is 4.66. The molecule has 9 nitrogen and oxygen atoms in total. The number of nitrogens with two attached hydrogens (primary N) is 1. The van der Waals surface area contributed by atoms with E-state index in [4.69, 9.17) is 9.88 Å². The van der Waals surface area contributed by atoms with Crippen LogP contribution in [0.15, 0.2) is 28.0 Å². The van der Waals surface area contributed by atoms with Gasteiger partial charge in [0.15, 0.2) is 0 Å². The van der Waals surface area contributed by atoms with E-state index in [1.54, 1.807) is 0 Å². The van der Waals surface area contributed by atoms with E-state index in [0.717, 1.165) is 49.6 Å². The van der Waals surface area contributed by atoms with Crippen LogP contribution in [-0.2, 0) is 24.8 Å². The molecule has 28 heavy (non-hydrogen) atoms. The van der Waals surface area contributed by atoms with Crippen molar-refractivity contribution in [1.82, 2.24) is 9.21 Å². The summed E-state index contributed by atoms with van der Waals surface area (Å²) in [5.74, 6) is 0.557. The summed E-state index contributed by atoms with van der Waals surface area (Å²) in [5.41, 5.74) is 0.448. The minimum absolute atomic E-state index is 0.0925. The second kappa shape index (κ2) is 8.25. The Hall–Kier alpha value is -1.24. The van der Waals surface area contributed by atoms with E-state index < -0.39 is 20.0 Å². The van der Waals surface area contributed by atoms with Crippen LogP contribution in [0, 0.1) is 5.92 Å². The first kappa shape index (κ1) is 21.5. The number of piperazine rings is 1. The molecule has 1 aromatic carbocycles. The van der Waals surface area contributed by atoms with E-state index in [-0.39, 0.29) is 9.79 Å². The van der Waals surface area contributed by atoms with Gasteiger partial charge in [-0.3, -0.25) is 4.90 Å². The van der Waals surface area contributed by atoms with E-state index in [1.807, 2.05) is 4.90 Å². The molecule has 0 radical (unpaired) electrons. The number of anilines is 1. The summed E-state index contributed by atoms with van der Waals surface area (Å²) in [6.45, 7) is 5.51. The second-order valence-corrected chi connectivity index (χ2v) is 11.2. The number of rotatable bonds is 6. The highest BCUT2D eigenvalue weighted by Crippen LogP contribution is 2.29. The predicted octanol–water partition coefficient (Wildman–Crippen LogP) is -0.257. The summed E-state index contributed by atoms with van der Waals surface area (Å²) < 4.78 is 55.5. The first-order valence-electron chi connectivity index (χ1n) is 9.23. The Morgan fingerprint density at radius 2 is 1.82 bits per heavy atom. The van der Waals surface area contributed by atoms with Gasteiger partial charge in [0.1, 0.15) is 4.90 Å². The van der Waals surface area contributed by atoms with Gasteiger partial charge < -0.3 is 9.64 Å². The Bertz CT molecular complexity index is 903. The largest absolute Gasteiger partial charge is 0.381 e. The normalized spacial score (nSPS) is 22.1. The average molecular weight is 433 g/mol. The molecular formula is C17H28N4O5S2. The molecule has 2 N–H and O–H groups in total. The summed E-state index contributed by atoms with van der Waals surface area (Å²) in [6.07, 6.45) is 1.08. The Morgan fingerprint density at radius 1 is 1.14 bits per heavy atom. The number of hydrogen-bond donors (Lipinski definition) is 1. The zero-order valence-electron chi connectivity index (χ0n) is 16.2. The second-order valence-electron chi connectivity index (χ2n) is 7.48. The van der Waals surface area contributed by atoms with Gasteiger partial charge in [-0.2, -0.15) is 0 Å². The van der Waals surface area contributed by atoms with Crippen molar-refractivity contribution < 1.29 is 21.6 Å². The van der Waals surface area contributed by atoms with Crippen molar-refractivity contribution in [3.05, 3.63) is 18.2 Å². The van der Waals surface area contributed by atoms with Gasteiger partial charge in [0.2, 0.25) is 20.0 Å². The van der Waals surface area contributed by atoms with Gasteiger partial charge in [0, 0.05) is 53.4 Å². The lowest BCUT2D eigenvalue weighted by molar-refractivity contribution is 0.164. The Kier molecular flexibility index (Phi) is 6.32. The molecule has 0 aromatic heterocycles. The minimum atomic E-state index is -4.08. The van der Waals surface area contributed by atoms with Crippen LogP contribution in [0.5, 0.6) is 0 Å². The molecule has 2 aliphatic heterocycles. The van der Waals surface area contributed by atoms with Gasteiger partial charge in [-0.05, 0) is 30.5 Å². The van der Waals surface area contributed by atoms with Gasteiger partial charge in [-0.25, -0.2) is 26.3 Å². The third-order valence-corrected chi connectivity index (χ3v) is 8.02. The zero-order chi connectivity index (χ0) is 20.5. The topological polar surface area (TPSA) is 113 Å². The molecule has 1 unspecified atom stereocenters. The van der Waals surface area contributed by atoms with Gasteiger partial charge in [0.25, 0.3) is 0 Å². The van der Waals surface area contributed by atoms with Crippen molar-refractivity contribution in [2.45, 2.75) is 16.2 Å². The maximum Gasteiger partial charge on any atom is 0.242 e. The molecule has 0 aliphatic carbocycles. The van der Waals surface area contributed by atoms with Crippen LogP contribution < -0.4 is 10.0 Å². The molecule has 3 rings (SSSR count). The molecule has 0 amide bonds. The van der Waals surface area contributed by atoms with Crippen LogP contribution >= 0.6 is 0 Å². The SMILES string of the molecule is CN(C)S(=O)(=O)c1ccc(N2CCN(CC3CCOC3)CC2)c(S(N)(=O)=O)c1. The average Bonchev–Trinajstić information content (AvgIpc) is 3.14. The molecule has 2 heterocycles. The Morgan fingerprint density at radius 3 is 2.36 bits per heavy atom. The lowest BCUT2D eigenvalue weighted by atomic mass is 10.1. The minimum Gasteiger partial charge on any atom is -0.381 e. The molecule has 2 saturated heterocycles. The molecule has 0 spiro atoms. The van der Waals surface area contributed by atoms with Gasteiger partial charge >= 0.3 is 0 Å². The first-order chi connectivity index (χ1) is 13.1. The lowest BCUT2D eigenvalue weighted by Crippen LogP contribution is -2.48. The van der Waals surface area contributed by atoms with Crippen molar-refractivity contribution in [3.63, 3.8) is 0 Å². The molecule has 158 valence electrons. The van der Waals surface area contributed by atoms with Crippen LogP contribution in [0.3, 0.4) is 0 Å². The fraction of sp³-hybridized carbons (Fsp3) is 0.647. The number of hydrogen-bond acceptors (Lipinski definition) is 7. The van der Waals surface area contributed by atoms with Gasteiger partial charge in [-0.15, -0.1) is 0 Å². The molecule has 2 fully saturated rings. The number of primary sulfonamides is 1. The number of nitrogens with zero attached hydrogens (tertiary/aromatic N) is 3. The van der Waals surface area contributed by atoms with E-state index in [0.29, 0.717) is 24.7 Å². The lowest BCUT2D eigenvalue weighted by Gasteiger charge is -2.37. The molecule has 11 heteroatoms. The van der Waals surface area contributed by atoms with Crippen LogP contribution in [0.1, 0.15) is 6.42 Å². The van der Waals surface area contributed by atoms with Crippen LogP contribution in [0.25, 0.3) is 0 Å². The molecule has 0 saturated carbocycles. The summed E-state index contributed by atoms with van der Waals surface area (Å²) in [5, 5.41) is 5.40. The molecular weight excluding hydrogens is 404 g/mol. The summed E-state index contributed by atoms with van der Waals surface area (Å²) in [6, 6.07) is 4.13. The monoisotopic (exact) mass is 432 g/mol. The molecule has 1 aromatic rings. The fourth-order valence-corrected chi connectivity index (χ4v) is 5.40.